The number of carbonyl (C=O) groups excluding carboxylic acids is 1. The van der Waals surface area contributed by atoms with E-state index >= 15 is 0 Å². The van der Waals surface area contributed by atoms with Gasteiger partial charge in [-0.15, -0.1) is 0 Å². The van der Waals surface area contributed by atoms with Crippen molar-refractivity contribution < 1.29 is 19.0 Å². The largest absolute Gasteiger partial charge is 0.493 e. The maximum absolute atomic E-state index is 12.8. The van der Waals surface area contributed by atoms with Crippen LogP contribution in [0.5, 0.6) is 11.5 Å². The molecule has 0 unspecified atom stereocenters. The van der Waals surface area contributed by atoms with Gasteiger partial charge >= 0.3 is 0 Å². The van der Waals surface area contributed by atoms with E-state index < -0.39 is 0 Å². The highest BCUT2D eigenvalue weighted by atomic mass is 79.9. The molecular weight excluding hydrogens is 452 g/mol. The Balaban J connectivity index is 1.74. The Hall–Kier alpha value is -1.13. The van der Waals surface area contributed by atoms with E-state index in [2.05, 4.69) is 20.8 Å². The number of nitrogens with zero attached hydrogens (tertiary/aromatic N) is 2. The molecule has 6 nitrogen and oxygen atoms in total. The van der Waals surface area contributed by atoms with Gasteiger partial charge in [-0.1, -0.05) is 39.9 Å². The Kier molecular flexibility index (Phi) is 7.16. The van der Waals surface area contributed by atoms with Gasteiger partial charge in [0.15, 0.2) is 11.5 Å². The van der Waals surface area contributed by atoms with Gasteiger partial charge in [0.2, 0.25) is 0 Å². The number of ether oxygens (including phenoxy) is 3. The van der Waals surface area contributed by atoms with E-state index in [9.17, 15) is 4.79 Å². The zero-order chi connectivity index (χ0) is 19.4. The molecule has 2 heterocycles. The number of methoxy groups -OCH3 is 2. The summed E-state index contributed by atoms with van der Waals surface area (Å²) in [6.07, 6.45) is 1.83. The van der Waals surface area contributed by atoms with Gasteiger partial charge in [-0.25, -0.2) is 0 Å². The zero-order valence-electron chi connectivity index (χ0n) is 15.2. The topological polar surface area (TPSA) is 51.2 Å². The first-order chi connectivity index (χ1) is 13.0. The summed E-state index contributed by atoms with van der Waals surface area (Å²) in [7, 11) is 3.17. The maximum atomic E-state index is 12.8. The molecule has 0 radical (unpaired) electrons. The number of halogens is 1. The average Bonchev–Trinajstić information content (AvgIpc) is 2.95. The van der Waals surface area contributed by atoms with Crippen LogP contribution in [0.3, 0.4) is 0 Å². The predicted molar refractivity (Wildman–Crippen MR) is 114 cm³/mol. The van der Waals surface area contributed by atoms with Gasteiger partial charge in [0.25, 0.3) is 5.91 Å². The van der Waals surface area contributed by atoms with E-state index in [4.69, 9.17) is 26.4 Å². The molecule has 1 aromatic rings. The van der Waals surface area contributed by atoms with Crippen molar-refractivity contribution in [3.63, 3.8) is 0 Å². The average molecular weight is 473 g/mol. The van der Waals surface area contributed by atoms with E-state index in [1.165, 1.54) is 11.8 Å². The SMILES string of the molecule is COc1cc(Br)c(C=C2SC(=S)N(CCN3CCOCC3)C2=O)cc1OC. The van der Waals surface area contributed by atoms with E-state index in [-0.39, 0.29) is 5.91 Å². The van der Waals surface area contributed by atoms with Crippen molar-refractivity contribution in [3.8, 4) is 11.5 Å². The van der Waals surface area contributed by atoms with Gasteiger partial charge in [0.1, 0.15) is 4.32 Å². The summed E-state index contributed by atoms with van der Waals surface area (Å²) in [6.45, 7) is 4.65. The summed E-state index contributed by atoms with van der Waals surface area (Å²) in [5.41, 5.74) is 0.835. The fraction of sp³-hybridized carbons (Fsp3) is 0.444. The van der Waals surface area contributed by atoms with Crippen LogP contribution in [0, 0.1) is 0 Å². The lowest BCUT2D eigenvalue weighted by Gasteiger charge is -2.28. The number of hydrogen-bond donors (Lipinski definition) is 0. The number of carbonyl (C=O) groups is 1. The molecule has 2 aliphatic heterocycles. The van der Waals surface area contributed by atoms with Gasteiger partial charge in [-0.3, -0.25) is 14.6 Å². The number of hydrogen-bond acceptors (Lipinski definition) is 7. The summed E-state index contributed by atoms with van der Waals surface area (Å²) in [4.78, 5) is 17.4. The number of morpholine rings is 1. The fourth-order valence-electron chi connectivity index (χ4n) is 2.88. The lowest BCUT2D eigenvalue weighted by atomic mass is 10.2. The Morgan fingerprint density at radius 1 is 1.22 bits per heavy atom. The molecule has 27 heavy (non-hydrogen) atoms. The second-order valence-corrected chi connectivity index (χ2v) is 8.55. The van der Waals surface area contributed by atoms with E-state index in [1.807, 2.05) is 18.2 Å². The number of thiocarbonyl (C=S) groups is 1. The van der Waals surface area contributed by atoms with E-state index in [0.29, 0.717) is 27.3 Å². The highest BCUT2D eigenvalue weighted by molar-refractivity contribution is 9.10. The maximum Gasteiger partial charge on any atom is 0.266 e. The summed E-state index contributed by atoms with van der Waals surface area (Å²) in [5.74, 6) is 1.18. The van der Waals surface area contributed by atoms with Crippen LogP contribution in [0.4, 0.5) is 0 Å². The van der Waals surface area contributed by atoms with Crippen molar-refractivity contribution >= 4 is 56.2 Å². The third-order valence-electron chi connectivity index (χ3n) is 4.41. The first kappa shape index (κ1) is 20.6. The second-order valence-electron chi connectivity index (χ2n) is 6.02. The molecule has 1 aromatic carbocycles. The molecule has 3 rings (SSSR count). The van der Waals surface area contributed by atoms with Crippen LogP contribution in [-0.2, 0) is 9.53 Å². The van der Waals surface area contributed by atoms with Crippen molar-refractivity contribution in [2.24, 2.45) is 0 Å². The Labute approximate surface area is 176 Å². The van der Waals surface area contributed by atoms with Crippen LogP contribution < -0.4 is 9.47 Å². The minimum atomic E-state index is -0.0556. The first-order valence-corrected chi connectivity index (χ1v) is 10.5. The molecule has 0 spiro atoms. The molecule has 2 aliphatic rings. The molecule has 0 bridgehead atoms. The molecule has 2 saturated heterocycles. The molecule has 146 valence electrons. The Morgan fingerprint density at radius 2 is 1.89 bits per heavy atom. The summed E-state index contributed by atoms with van der Waals surface area (Å²) in [5, 5.41) is 0. The number of benzene rings is 1. The summed E-state index contributed by atoms with van der Waals surface area (Å²) >= 11 is 10.3. The van der Waals surface area contributed by atoms with Crippen LogP contribution in [-0.4, -0.2) is 73.6 Å². The van der Waals surface area contributed by atoms with Crippen LogP contribution >= 0.6 is 39.9 Å². The Bertz CT molecular complexity index is 766. The van der Waals surface area contributed by atoms with Crippen LogP contribution in [0.15, 0.2) is 21.5 Å². The molecule has 2 fully saturated rings. The van der Waals surface area contributed by atoms with Crippen molar-refractivity contribution in [3.05, 3.63) is 27.1 Å². The quantitative estimate of drug-likeness (QED) is 0.465. The van der Waals surface area contributed by atoms with Gasteiger partial charge in [-0.2, -0.15) is 0 Å². The van der Waals surface area contributed by atoms with E-state index in [1.54, 1.807) is 19.1 Å². The predicted octanol–water partition coefficient (Wildman–Crippen LogP) is 3.00. The third-order valence-corrected chi connectivity index (χ3v) is 6.47. The molecule has 0 aromatic heterocycles. The molecule has 0 aliphatic carbocycles. The van der Waals surface area contributed by atoms with Gasteiger partial charge in [-0.05, 0) is 23.8 Å². The first-order valence-electron chi connectivity index (χ1n) is 8.50. The standard InChI is InChI=1S/C18H21BrN2O4S2/c1-23-14-9-12(13(19)11-15(14)24-2)10-16-17(22)21(18(26)27-16)4-3-20-5-7-25-8-6-20/h9-11H,3-8H2,1-2H3. The molecule has 0 saturated carbocycles. The molecular formula is C18H21BrN2O4S2. The third kappa shape index (κ3) is 4.83. The van der Waals surface area contributed by atoms with E-state index in [0.717, 1.165) is 42.9 Å². The second kappa shape index (κ2) is 9.38. The molecule has 9 heteroatoms. The number of amides is 1. The lowest BCUT2D eigenvalue weighted by Crippen LogP contribution is -2.42. The van der Waals surface area contributed by atoms with Gasteiger partial charge in [0.05, 0.1) is 32.3 Å². The minimum Gasteiger partial charge on any atom is -0.493 e. The van der Waals surface area contributed by atoms with Gasteiger partial charge < -0.3 is 14.2 Å². The monoisotopic (exact) mass is 472 g/mol. The molecule has 1 amide bonds. The number of thioether (sulfide) groups is 1. The van der Waals surface area contributed by atoms with Crippen molar-refractivity contribution in [1.29, 1.82) is 0 Å². The van der Waals surface area contributed by atoms with Crippen molar-refractivity contribution in [2.45, 2.75) is 0 Å². The zero-order valence-corrected chi connectivity index (χ0v) is 18.4. The van der Waals surface area contributed by atoms with Crippen LogP contribution in [0.25, 0.3) is 6.08 Å². The fourth-order valence-corrected chi connectivity index (χ4v) is 4.62. The van der Waals surface area contributed by atoms with Gasteiger partial charge in [0, 0.05) is 30.7 Å². The summed E-state index contributed by atoms with van der Waals surface area (Å²) in [6, 6.07) is 3.66. The normalized spacial score (nSPS) is 19.8. The number of rotatable bonds is 6. The van der Waals surface area contributed by atoms with Crippen molar-refractivity contribution in [2.75, 3.05) is 53.6 Å². The van der Waals surface area contributed by atoms with Crippen molar-refractivity contribution in [1.82, 2.24) is 9.80 Å². The highest BCUT2D eigenvalue weighted by Gasteiger charge is 2.32. The summed E-state index contributed by atoms with van der Waals surface area (Å²) < 4.78 is 17.4. The van der Waals surface area contributed by atoms with Crippen LogP contribution in [0.1, 0.15) is 5.56 Å². The molecule has 0 atom stereocenters. The van der Waals surface area contributed by atoms with Crippen LogP contribution in [0.2, 0.25) is 0 Å². The minimum absolute atomic E-state index is 0.0556. The lowest BCUT2D eigenvalue weighted by molar-refractivity contribution is -0.122. The Morgan fingerprint density at radius 3 is 2.56 bits per heavy atom. The highest BCUT2D eigenvalue weighted by Crippen LogP contribution is 2.37. The molecule has 0 N–H and O–H groups in total. The smallest absolute Gasteiger partial charge is 0.266 e.